The number of nitrogens with two attached hydrogens (primary N) is 1. The average Bonchev–Trinajstić information content (AvgIpc) is 2.94. The van der Waals surface area contributed by atoms with Crippen LogP contribution < -0.4 is 11.2 Å². The maximum atomic E-state index is 12.5. The number of alkyl halides is 3. The van der Waals surface area contributed by atoms with Crippen molar-refractivity contribution in [3.05, 3.63) is 35.7 Å². The second kappa shape index (κ2) is 7.42. The summed E-state index contributed by atoms with van der Waals surface area (Å²) in [4.78, 5) is 23.1. The van der Waals surface area contributed by atoms with E-state index in [-0.39, 0.29) is 15.6 Å². The van der Waals surface area contributed by atoms with Gasteiger partial charge in [-0.3, -0.25) is 4.79 Å². The first kappa shape index (κ1) is 18.6. The molecule has 0 saturated heterocycles. The standard InChI is InChI=1S/C13H12F3N5O3S/c1-24-10(23)7-2-4-8(5-3-7)18-9(22)6-25-12-20-19-11(21(12)17)13(14,15)16/h2-5H,6,17H2,1H3,(H,18,22). The van der Waals surface area contributed by atoms with Crippen molar-refractivity contribution >= 4 is 29.3 Å². The molecule has 0 aliphatic rings. The number of methoxy groups -OCH3 is 1. The molecule has 2 rings (SSSR count). The Labute approximate surface area is 143 Å². The van der Waals surface area contributed by atoms with Crippen LogP contribution in [0, 0.1) is 0 Å². The number of esters is 1. The van der Waals surface area contributed by atoms with Crippen LogP contribution >= 0.6 is 11.8 Å². The van der Waals surface area contributed by atoms with Gasteiger partial charge < -0.3 is 15.9 Å². The van der Waals surface area contributed by atoms with Gasteiger partial charge >= 0.3 is 12.1 Å². The predicted molar refractivity (Wildman–Crippen MR) is 82.3 cm³/mol. The number of nitrogen functional groups attached to an aromatic ring is 1. The number of nitrogens with one attached hydrogen (secondary N) is 1. The highest BCUT2D eigenvalue weighted by Crippen LogP contribution is 2.28. The molecule has 0 aliphatic carbocycles. The van der Waals surface area contributed by atoms with E-state index < -0.39 is 23.9 Å². The molecule has 1 heterocycles. The summed E-state index contributed by atoms with van der Waals surface area (Å²) in [5.41, 5.74) is 0.717. The number of aromatic nitrogens is 3. The molecule has 1 aromatic heterocycles. The molecule has 3 N–H and O–H groups in total. The molecule has 0 spiro atoms. The van der Waals surface area contributed by atoms with Crippen molar-refractivity contribution in [2.24, 2.45) is 0 Å². The van der Waals surface area contributed by atoms with Gasteiger partial charge in [0.05, 0.1) is 18.4 Å². The maximum absolute atomic E-state index is 12.5. The fourth-order valence-electron chi connectivity index (χ4n) is 1.70. The number of carbonyl (C=O) groups excluding carboxylic acids is 2. The van der Waals surface area contributed by atoms with Crippen molar-refractivity contribution in [2.45, 2.75) is 11.3 Å². The second-order valence-electron chi connectivity index (χ2n) is 4.58. The van der Waals surface area contributed by atoms with E-state index in [1.165, 1.54) is 31.4 Å². The molecule has 0 fully saturated rings. The topological polar surface area (TPSA) is 112 Å². The highest BCUT2D eigenvalue weighted by atomic mass is 32.2. The van der Waals surface area contributed by atoms with Gasteiger partial charge in [-0.2, -0.15) is 13.2 Å². The van der Waals surface area contributed by atoms with E-state index >= 15 is 0 Å². The number of nitrogens with zero attached hydrogens (tertiary/aromatic N) is 3. The van der Waals surface area contributed by atoms with Crippen molar-refractivity contribution in [1.29, 1.82) is 0 Å². The van der Waals surface area contributed by atoms with Gasteiger partial charge in [-0.15, -0.1) is 10.2 Å². The molecule has 12 heteroatoms. The van der Waals surface area contributed by atoms with Gasteiger partial charge in [-0.05, 0) is 24.3 Å². The number of anilines is 1. The van der Waals surface area contributed by atoms with Crippen LogP contribution in [0.15, 0.2) is 29.4 Å². The summed E-state index contributed by atoms with van der Waals surface area (Å²) in [6.07, 6.45) is -4.73. The molecule has 0 aliphatic heterocycles. The Morgan fingerprint density at radius 3 is 2.44 bits per heavy atom. The van der Waals surface area contributed by atoms with Crippen LogP contribution in [-0.2, 0) is 15.7 Å². The van der Waals surface area contributed by atoms with Gasteiger partial charge in [0.15, 0.2) is 0 Å². The molecule has 25 heavy (non-hydrogen) atoms. The van der Waals surface area contributed by atoms with Crippen molar-refractivity contribution < 1.29 is 27.5 Å². The van der Waals surface area contributed by atoms with Crippen LogP contribution in [0.5, 0.6) is 0 Å². The molecule has 8 nitrogen and oxygen atoms in total. The molecule has 134 valence electrons. The van der Waals surface area contributed by atoms with Crippen molar-refractivity contribution in [3.63, 3.8) is 0 Å². The van der Waals surface area contributed by atoms with E-state index in [2.05, 4.69) is 20.3 Å². The number of hydrogen-bond acceptors (Lipinski definition) is 7. The summed E-state index contributed by atoms with van der Waals surface area (Å²) in [6, 6.07) is 5.89. The second-order valence-corrected chi connectivity index (χ2v) is 5.52. The lowest BCUT2D eigenvalue weighted by Crippen LogP contribution is -2.22. The summed E-state index contributed by atoms with van der Waals surface area (Å²) in [5, 5.41) is 8.52. The molecule has 1 amide bonds. The minimum absolute atomic E-state index is 0.230. The summed E-state index contributed by atoms with van der Waals surface area (Å²) >= 11 is 0.701. The van der Waals surface area contributed by atoms with E-state index in [0.29, 0.717) is 23.0 Å². The molecule has 2 aromatic rings. The van der Waals surface area contributed by atoms with E-state index in [1.54, 1.807) is 0 Å². The first-order valence-corrected chi connectivity index (χ1v) is 7.59. The Morgan fingerprint density at radius 2 is 1.92 bits per heavy atom. The lowest BCUT2D eigenvalue weighted by Gasteiger charge is -2.07. The third-order valence-electron chi connectivity index (χ3n) is 2.84. The number of benzene rings is 1. The van der Waals surface area contributed by atoms with Crippen molar-refractivity contribution in [1.82, 2.24) is 14.9 Å². The Morgan fingerprint density at radius 1 is 1.28 bits per heavy atom. The largest absolute Gasteiger partial charge is 0.465 e. The number of amides is 1. The molecular formula is C13H12F3N5O3S. The Balaban J connectivity index is 1.93. The number of halogens is 3. The highest BCUT2D eigenvalue weighted by Gasteiger charge is 2.38. The molecule has 0 bridgehead atoms. The van der Waals surface area contributed by atoms with Gasteiger partial charge in [0.2, 0.25) is 11.1 Å². The third-order valence-corrected chi connectivity index (χ3v) is 3.78. The first-order valence-electron chi connectivity index (χ1n) is 6.61. The summed E-state index contributed by atoms with van der Waals surface area (Å²) in [6.45, 7) is 0. The number of carbonyl (C=O) groups is 2. The Bertz CT molecular complexity index is 776. The van der Waals surface area contributed by atoms with E-state index in [9.17, 15) is 22.8 Å². The summed E-state index contributed by atoms with van der Waals surface area (Å²) in [5.74, 6) is 2.67. The van der Waals surface area contributed by atoms with Gasteiger partial charge in [0.1, 0.15) is 0 Å². The van der Waals surface area contributed by atoms with Gasteiger partial charge in [0.25, 0.3) is 5.82 Å². The molecule has 0 radical (unpaired) electrons. The fourth-order valence-corrected chi connectivity index (χ4v) is 2.36. The number of ether oxygens (including phenoxy) is 1. The molecule has 0 saturated carbocycles. The van der Waals surface area contributed by atoms with Crippen LogP contribution in [0.2, 0.25) is 0 Å². The maximum Gasteiger partial charge on any atom is 0.453 e. The molecular weight excluding hydrogens is 363 g/mol. The smallest absolute Gasteiger partial charge is 0.453 e. The normalized spacial score (nSPS) is 11.2. The number of hydrogen-bond donors (Lipinski definition) is 2. The Hall–Kier alpha value is -2.76. The predicted octanol–water partition coefficient (Wildman–Crippen LogP) is 1.53. The van der Waals surface area contributed by atoms with E-state index in [1.807, 2.05) is 0 Å². The fraction of sp³-hybridized carbons (Fsp3) is 0.231. The van der Waals surface area contributed by atoms with Crippen LogP contribution in [0.4, 0.5) is 18.9 Å². The van der Waals surface area contributed by atoms with Crippen LogP contribution in [0.1, 0.15) is 16.2 Å². The Kier molecular flexibility index (Phi) is 5.51. The lowest BCUT2D eigenvalue weighted by molar-refractivity contribution is -0.146. The minimum Gasteiger partial charge on any atom is -0.465 e. The first-order chi connectivity index (χ1) is 11.7. The molecule has 0 unspecified atom stereocenters. The summed E-state index contributed by atoms with van der Waals surface area (Å²) < 4.78 is 42.4. The number of thioether (sulfide) groups is 1. The highest BCUT2D eigenvalue weighted by molar-refractivity contribution is 7.99. The van der Waals surface area contributed by atoms with Gasteiger partial charge in [-0.25, -0.2) is 9.47 Å². The van der Waals surface area contributed by atoms with Crippen LogP contribution in [0.25, 0.3) is 0 Å². The van der Waals surface area contributed by atoms with E-state index in [0.717, 1.165) is 0 Å². The monoisotopic (exact) mass is 375 g/mol. The average molecular weight is 375 g/mol. The lowest BCUT2D eigenvalue weighted by atomic mass is 10.2. The molecule has 0 atom stereocenters. The van der Waals surface area contributed by atoms with E-state index in [4.69, 9.17) is 5.84 Å². The summed E-state index contributed by atoms with van der Waals surface area (Å²) in [7, 11) is 1.25. The SMILES string of the molecule is COC(=O)c1ccc(NC(=O)CSc2nnc(C(F)(F)F)n2N)cc1. The zero-order chi connectivity index (χ0) is 18.6. The quantitative estimate of drug-likeness (QED) is 0.463. The van der Waals surface area contributed by atoms with Crippen LogP contribution in [-0.4, -0.2) is 39.6 Å². The van der Waals surface area contributed by atoms with Gasteiger partial charge in [-0.1, -0.05) is 11.8 Å². The van der Waals surface area contributed by atoms with Crippen LogP contribution in [0.3, 0.4) is 0 Å². The molecule has 1 aromatic carbocycles. The van der Waals surface area contributed by atoms with Gasteiger partial charge in [0, 0.05) is 5.69 Å². The minimum atomic E-state index is -4.73. The van der Waals surface area contributed by atoms with Crippen molar-refractivity contribution in [2.75, 3.05) is 24.0 Å². The zero-order valence-electron chi connectivity index (χ0n) is 12.7. The number of rotatable bonds is 5. The zero-order valence-corrected chi connectivity index (χ0v) is 13.5. The third kappa shape index (κ3) is 4.62. The van der Waals surface area contributed by atoms with Crippen molar-refractivity contribution in [3.8, 4) is 0 Å².